The number of methoxy groups -OCH3 is 1. The standard InChI is InChI=1S/C24H24N4O3/c1-27-8-10-28(11-9-27)17-5-3-4-16(12-17)20-14-22(29)18-13-19(23-6-7-25-31-23)24(30-2)15-21(18)26-20/h3-7,12-15H,8-11H2,1-2H3,(H,26,29). The van der Waals surface area contributed by atoms with Crippen LogP contribution in [0.3, 0.4) is 0 Å². The fraction of sp³-hybridized carbons (Fsp3) is 0.250. The molecule has 5 rings (SSSR count). The zero-order valence-corrected chi connectivity index (χ0v) is 17.6. The second kappa shape index (κ2) is 7.92. The fourth-order valence-corrected chi connectivity index (χ4v) is 4.08. The number of H-pyrrole nitrogens is 1. The molecule has 4 aromatic rings. The van der Waals surface area contributed by atoms with Crippen LogP contribution in [0.4, 0.5) is 5.69 Å². The largest absolute Gasteiger partial charge is 0.496 e. The molecular weight excluding hydrogens is 392 g/mol. The number of hydrogen-bond acceptors (Lipinski definition) is 6. The van der Waals surface area contributed by atoms with Crippen molar-refractivity contribution in [2.24, 2.45) is 0 Å². The van der Waals surface area contributed by atoms with E-state index < -0.39 is 0 Å². The molecule has 31 heavy (non-hydrogen) atoms. The first-order valence-corrected chi connectivity index (χ1v) is 10.3. The zero-order chi connectivity index (χ0) is 21.4. The molecule has 1 aliphatic heterocycles. The molecular formula is C24H24N4O3. The second-order valence-electron chi connectivity index (χ2n) is 7.86. The molecule has 1 aliphatic rings. The number of hydrogen-bond donors (Lipinski definition) is 1. The minimum Gasteiger partial charge on any atom is -0.496 e. The van der Waals surface area contributed by atoms with Crippen LogP contribution >= 0.6 is 0 Å². The van der Waals surface area contributed by atoms with Crippen molar-refractivity contribution in [3.63, 3.8) is 0 Å². The highest BCUT2D eigenvalue weighted by Gasteiger charge is 2.16. The molecule has 0 bridgehead atoms. The van der Waals surface area contributed by atoms with Gasteiger partial charge in [-0.2, -0.15) is 0 Å². The fourth-order valence-electron chi connectivity index (χ4n) is 4.08. The van der Waals surface area contributed by atoms with Gasteiger partial charge in [-0.05, 0) is 25.2 Å². The molecule has 0 aliphatic carbocycles. The molecule has 0 atom stereocenters. The monoisotopic (exact) mass is 416 g/mol. The maximum atomic E-state index is 13.0. The van der Waals surface area contributed by atoms with Gasteiger partial charge in [-0.25, -0.2) is 0 Å². The Morgan fingerprint density at radius 3 is 2.65 bits per heavy atom. The van der Waals surface area contributed by atoms with Crippen LogP contribution in [0.2, 0.25) is 0 Å². The van der Waals surface area contributed by atoms with Crippen LogP contribution < -0.4 is 15.1 Å². The summed E-state index contributed by atoms with van der Waals surface area (Å²) in [6.45, 7) is 4.08. The Hall–Kier alpha value is -3.58. The SMILES string of the molecule is COc1cc2[nH]c(-c3cccc(N4CCN(C)CC4)c3)cc(=O)c2cc1-c1ccno1. The minimum absolute atomic E-state index is 0.0582. The number of likely N-dealkylation sites (N-methyl/N-ethyl adjacent to an activating group) is 1. The van der Waals surface area contributed by atoms with Crippen LogP contribution in [-0.4, -0.2) is 55.4 Å². The van der Waals surface area contributed by atoms with Gasteiger partial charge in [0.2, 0.25) is 0 Å². The van der Waals surface area contributed by atoms with E-state index in [2.05, 4.69) is 39.1 Å². The molecule has 2 aromatic carbocycles. The first-order valence-electron chi connectivity index (χ1n) is 10.3. The molecule has 2 aromatic heterocycles. The van der Waals surface area contributed by atoms with E-state index in [0.29, 0.717) is 28.0 Å². The lowest BCUT2D eigenvalue weighted by atomic mass is 10.0. The van der Waals surface area contributed by atoms with Crippen molar-refractivity contribution >= 4 is 16.6 Å². The van der Waals surface area contributed by atoms with Crippen molar-refractivity contribution in [3.05, 3.63) is 65.0 Å². The van der Waals surface area contributed by atoms with Gasteiger partial charge in [0.25, 0.3) is 0 Å². The minimum atomic E-state index is -0.0582. The summed E-state index contributed by atoms with van der Waals surface area (Å²) in [6, 6.07) is 15.4. The molecule has 1 saturated heterocycles. The average molecular weight is 416 g/mol. The van der Waals surface area contributed by atoms with Gasteiger partial charge < -0.3 is 24.0 Å². The molecule has 158 valence electrons. The van der Waals surface area contributed by atoms with Gasteiger partial charge in [0.15, 0.2) is 11.2 Å². The maximum absolute atomic E-state index is 13.0. The Morgan fingerprint density at radius 1 is 1.06 bits per heavy atom. The Labute approximate surface area is 179 Å². The summed E-state index contributed by atoms with van der Waals surface area (Å²) >= 11 is 0. The first kappa shape index (κ1) is 19.4. The predicted molar refractivity (Wildman–Crippen MR) is 122 cm³/mol. The molecule has 0 amide bonds. The number of nitrogens with zero attached hydrogens (tertiary/aromatic N) is 3. The topological polar surface area (TPSA) is 74.6 Å². The second-order valence-corrected chi connectivity index (χ2v) is 7.86. The van der Waals surface area contributed by atoms with Gasteiger partial charge in [-0.15, -0.1) is 0 Å². The smallest absolute Gasteiger partial charge is 0.190 e. The molecule has 3 heterocycles. The van der Waals surface area contributed by atoms with Gasteiger partial charge in [-0.1, -0.05) is 17.3 Å². The van der Waals surface area contributed by atoms with Gasteiger partial charge >= 0.3 is 0 Å². The number of benzene rings is 2. The summed E-state index contributed by atoms with van der Waals surface area (Å²) < 4.78 is 10.8. The highest BCUT2D eigenvalue weighted by molar-refractivity contribution is 5.88. The Kier molecular flexibility index (Phi) is 4.95. The number of ether oxygens (including phenoxy) is 1. The van der Waals surface area contributed by atoms with E-state index in [4.69, 9.17) is 9.26 Å². The van der Waals surface area contributed by atoms with E-state index in [-0.39, 0.29) is 5.43 Å². The van der Waals surface area contributed by atoms with Gasteiger partial charge in [0, 0.05) is 66.7 Å². The lowest BCUT2D eigenvalue weighted by molar-refractivity contribution is 0.313. The summed E-state index contributed by atoms with van der Waals surface area (Å²) in [6.07, 6.45) is 1.57. The summed E-state index contributed by atoms with van der Waals surface area (Å²) in [5.74, 6) is 1.17. The third kappa shape index (κ3) is 3.68. The molecule has 0 unspecified atom stereocenters. The molecule has 1 N–H and O–H groups in total. The van der Waals surface area contributed by atoms with Crippen molar-refractivity contribution in [3.8, 4) is 28.3 Å². The number of fused-ring (bicyclic) bond motifs is 1. The number of aromatic nitrogens is 2. The number of anilines is 1. The average Bonchev–Trinajstić information content (AvgIpc) is 3.33. The Bertz CT molecular complexity index is 1270. The number of piperazine rings is 1. The van der Waals surface area contributed by atoms with E-state index in [1.165, 1.54) is 5.69 Å². The van der Waals surface area contributed by atoms with E-state index in [9.17, 15) is 4.79 Å². The van der Waals surface area contributed by atoms with Gasteiger partial charge in [0.05, 0.1) is 24.4 Å². The highest BCUT2D eigenvalue weighted by atomic mass is 16.5. The van der Waals surface area contributed by atoms with Gasteiger partial charge in [0.1, 0.15) is 5.75 Å². The van der Waals surface area contributed by atoms with E-state index in [0.717, 1.165) is 37.4 Å². The molecule has 7 nitrogen and oxygen atoms in total. The van der Waals surface area contributed by atoms with Crippen molar-refractivity contribution in [2.45, 2.75) is 0 Å². The molecule has 0 radical (unpaired) electrons. The van der Waals surface area contributed by atoms with Crippen LogP contribution in [-0.2, 0) is 0 Å². The highest BCUT2D eigenvalue weighted by Crippen LogP contribution is 2.33. The molecule has 7 heteroatoms. The van der Waals surface area contributed by atoms with E-state index in [1.54, 1.807) is 31.5 Å². The predicted octanol–water partition coefficient (Wildman–Crippen LogP) is 3.61. The zero-order valence-electron chi connectivity index (χ0n) is 17.6. The quantitative estimate of drug-likeness (QED) is 0.548. The van der Waals surface area contributed by atoms with Crippen molar-refractivity contribution < 1.29 is 9.26 Å². The Balaban J connectivity index is 1.56. The number of pyridine rings is 1. The lowest BCUT2D eigenvalue weighted by Gasteiger charge is -2.34. The summed E-state index contributed by atoms with van der Waals surface area (Å²) in [5, 5.41) is 4.33. The molecule has 1 fully saturated rings. The molecule has 0 spiro atoms. The first-order chi connectivity index (χ1) is 15.1. The number of nitrogens with one attached hydrogen (secondary N) is 1. The lowest BCUT2D eigenvalue weighted by Crippen LogP contribution is -2.44. The normalized spacial score (nSPS) is 14.8. The number of rotatable bonds is 4. The third-order valence-corrected chi connectivity index (χ3v) is 5.88. The van der Waals surface area contributed by atoms with Crippen LogP contribution in [0.1, 0.15) is 0 Å². The van der Waals surface area contributed by atoms with Crippen molar-refractivity contribution in [2.75, 3.05) is 45.2 Å². The Morgan fingerprint density at radius 2 is 1.90 bits per heavy atom. The third-order valence-electron chi connectivity index (χ3n) is 5.88. The summed E-state index contributed by atoms with van der Waals surface area (Å²) in [4.78, 5) is 21.1. The van der Waals surface area contributed by atoms with Crippen molar-refractivity contribution in [1.82, 2.24) is 15.0 Å². The summed E-state index contributed by atoms with van der Waals surface area (Å²) in [7, 11) is 3.75. The van der Waals surface area contributed by atoms with Crippen LogP contribution in [0, 0.1) is 0 Å². The van der Waals surface area contributed by atoms with Crippen LogP contribution in [0.15, 0.2) is 64.0 Å². The maximum Gasteiger partial charge on any atom is 0.190 e. The van der Waals surface area contributed by atoms with E-state index in [1.807, 2.05) is 18.2 Å². The summed E-state index contributed by atoms with van der Waals surface area (Å²) in [5.41, 5.74) is 4.29. The van der Waals surface area contributed by atoms with Gasteiger partial charge in [-0.3, -0.25) is 4.79 Å². The number of aromatic amines is 1. The molecule has 0 saturated carbocycles. The van der Waals surface area contributed by atoms with Crippen LogP contribution in [0.5, 0.6) is 5.75 Å². The van der Waals surface area contributed by atoms with E-state index >= 15 is 0 Å². The van der Waals surface area contributed by atoms with Crippen molar-refractivity contribution in [1.29, 1.82) is 0 Å². The van der Waals surface area contributed by atoms with Crippen LogP contribution in [0.25, 0.3) is 33.5 Å².